The van der Waals surface area contributed by atoms with E-state index in [0.717, 1.165) is 18.9 Å². The highest BCUT2D eigenvalue weighted by Gasteiger charge is 2.39. The third-order valence-corrected chi connectivity index (χ3v) is 4.82. The fourth-order valence-corrected chi connectivity index (χ4v) is 3.66. The van der Waals surface area contributed by atoms with Crippen LogP contribution in [0.1, 0.15) is 51.3 Å². The van der Waals surface area contributed by atoms with E-state index in [0.29, 0.717) is 11.5 Å². The molecule has 1 fully saturated rings. The highest BCUT2D eigenvalue weighted by atomic mass is 14.9. The summed E-state index contributed by atoms with van der Waals surface area (Å²) in [5.41, 5.74) is 3.05. The Morgan fingerprint density at radius 1 is 1.47 bits per heavy atom. The second kappa shape index (κ2) is 6.04. The zero-order valence-electron chi connectivity index (χ0n) is 12.9. The van der Waals surface area contributed by atoms with E-state index >= 15 is 0 Å². The first kappa shape index (κ1) is 14.5. The third-order valence-electron chi connectivity index (χ3n) is 4.82. The molecule has 1 aliphatic carbocycles. The van der Waals surface area contributed by atoms with Gasteiger partial charge in [0.25, 0.3) is 0 Å². The topological polar surface area (TPSA) is 24.9 Å². The Kier molecular flexibility index (Phi) is 4.62. The van der Waals surface area contributed by atoms with Crippen LogP contribution in [-0.2, 0) is 6.42 Å². The Hall–Kier alpha value is -0.890. The van der Waals surface area contributed by atoms with Crippen LogP contribution in [0.3, 0.4) is 0 Å². The molecule has 106 valence electrons. The molecule has 0 amide bonds. The Bertz CT molecular complexity index is 411. The number of nitrogens with one attached hydrogen (secondary N) is 1. The highest BCUT2D eigenvalue weighted by molar-refractivity contribution is 5.19. The molecule has 0 aliphatic heterocycles. The molecule has 2 rings (SSSR count). The number of rotatable bonds is 5. The van der Waals surface area contributed by atoms with Gasteiger partial charge in [0.15, 0.2) is 0 Å². The molecule has 0 spiro atoms. The van der Waals surface area contributed by atoms with Crippen LogP contribution in [0, 0.1) is 18.3 Å². The number of pyridine rings is 1. The van der Waals surface area contributed by atoms with Crippen molar-refractivity contribution in [1.29, 1.82) is 0 Å². The monoisotopic (exact) mass is 260 g/mol. The van der Waals surface area contributed by atoms with Gasteiger partial charge in [-0.25, -0.2) is 0 Å². The van der Waals surface area contributed by atoms with Crippen LogP contribution in [0.25, 0.3) is 0 Å². The molecule has 2 unspecified atom stereocenters. The molecule has 1 aliphatic rings. The number of hydrogen-bond acceptors (Lipinski definition) is 2. The van der Waals surface area contributed by atoms with Crippen molar-refractivity contribution in [3.8, 4) is 0 Å². The maximum atomic E-state index is 4.58. The van der Waals surface area contributed by atoms with Crippen molar-refractivity contribution in [1.82, 2.24) is 10.3 Å². The molecule has 1 heterocycles. The summed E-state index contributed by atoms with van der Waals surface area (Å²) >= 11 is 0. The number of aromatic nitrogens is 1. The first-order valence-electron chi connectivity index (χ1n) is 7.68. The molecule has 1 N–H and O–H groups in total. The zero-order chi connectivity index (χ0) is 13.9. The Labute approximate surface area is 118 Å². The molecule has 1 aromatic rings. The fraction of sp³-hybridized carbons (Fsp3) is 0.706. The predicted molar refractivity (Wildman–Crippen MR) is 81.3 cm³/mol. The van der Waals surface area contributed by atoms with Gasteiger partial charge in [0.1, 0.15) is 0 Å². The van der Waals surface area contributed by atoms with Gasteiger partial charge in [-0.3, -0.25) is 4.98 Å². The normalized spacial score (nSPS) is 23.5. The van der Waals surface area contributed by atoms with E-state index in [1.54, 1.807) is 0 Å². The molecule has 2 heteroatoms. The summed E-state index contributed by atoms with van der Waals surface area (Å²) < 4.78 is 0. The average Bonchev–Trinajstić information content (AvgIpc) is 2.71. The van der Waals surface area contributed by atoms with Crippen molar-refractivity contribution >= 4 is 0 Å². The van der Waals surface area contributed by atoms with Crippen LogP contribution in [0.5, 0.6) is 0 Å². The van der Waals surface area contributed by atoms with Gasteiger partial charge in [0.05, 0.1) is 0 Å². The van der Waals surface area contributed by atoms with E-state index in [2.05, 4.69) is 44.1 Å². The van der Waals surface area contributed by atoms with Gasteiger partial charge in [-0.2, -0.15) is 0 Å². The van der Waals surface area contributed by atoms with Crippen molar-refractivity contribution in [2.24, 2.45) is 11.3 Å². The summed E-state index contributed by atoms with van der Waals surface area (Å²) in [7, 11) is 0. The summed E-state index contributed by atoms with van der Waals surface area (Å²) in [5.74, 6) is 0.772. The first-order chi connectivity index (χ1) is 9.04. The number of aryl methyl sites for hydroxylation is 1. The molecule has 2 atom stereocenters. The zero-order valence-corrected chi connectivity index (χ0v) is 12.9. The lowest BCUT2D eigenvalue weighted by atomic mass is 9.76. The van der Waals surface area contributed by atoms with Crippen LogP contribution in [-0.4, -0.2) is 17.6 Å². The SMILES string of the molecule is CCNC(Cc1ncccc1C)C1CCCC1(C)C. The first-order valence-corrected chi connectivity index (χ1v) is 7.68. The van der Waals surface area contributed by atoms with Crippen LogP contribution in [0.15, 0.2) is 18.3 Å². The standard InChI is InChI=1S/C17H28N2/c1-5-18-16(14-9-6-10-17(14,3)4)12-15-13(2)8-7-11-19-15/h7-8,11,14,16,18H,5-6,9-10,12H2,1-4H3. The number of hydrogen-bond donors (Lipinski definition) is 1. The maximum Gasteiger partial charge on any atom is 0.0448 e. The van der Waals surface area contributed by atoms with E-state index in [1.165, 1.54) is 30.5 Å². The molecule has 19 heavy (non-hydrogen) atoms. The van der Waals surface area contributed by atoms with Crippen molar-refractivity contribution < 1.29 is 0 Å². The highest BCUT2D eigenvalue weighted by Crippen LogP contribution is 2.44. The van der Waals surface area contributed by atoms with Gasteiger partial charge >= 0.3 is 0 Å². The molecule has 0 saturated heterocycles. The minimum atomic E-state index is 0.468. The maximum absolute atomic E-state index is 4.58. The predicted octanol–water partition coefficient (Wildman–Crippen LogP) is 3.74. The van der Waals surface area contributed by atoms with Crippen molar-refractivity contribution in [2.75, 3.05) is 6.54 Å². The van der Waals surface area contributed by atoms with Crippen LogP contribution < -0.4 is 5.32 Å². The Balaban J connectivity index is 2.15. The van der Waals surface area contributed by atoms with Crippen molar-refractivity contribution in [2.45, 2.75) is 59.4 Å². The number of nitrogens with zero attached hydrogens (tertiary/aromatic N) is 1. The third kappa shape index (κ3) is 3.36. The van der Waals surface area contributed by atoms with E-state index in [1.807, 2.05) is 12.3 Å². The smallest absolute Gasteiger partial charge is 0.0448 e. The van der Waals surface area contributed by atoms with Gasteiger partial charge in [-0.15, -0.1) is 0 Å². The fourth-order valence-electron chi connectivity index (χ4n) is 3.66. The summed E-state index contributed by atoms with van der Waals surface area (Å²) in [5, 5.41) is 3.72. The lowest BCUT2D eigenvalue weighted by Gasteiger charge is -2.35. The molecule has 1 aromatic heterocycles. The number of likely N-dealkylation sites (N-methyl/N-ethyl adjacent to an activating group) is 1. The van der Waals surface area contributed by atoms with Gasteiger partial charge in [0, 0.05) is 24.4 Å². The van der Waals surface area contributed by atoms with E-state index < -0.39 is 0 Å². The second-order valence-corrected chi connectivity index (χ2v) is 6.62. The summed E-state index contributed by atoms with van der Waals surface area (Å²) in [6.45, 7) is 10.3. The van der Waals surface area contributed by atoms with Crippen LogP contribution >= 0.6 is 0 Å². The minimum absolute atomic E-state index is 0.468. The van der Waals surface area contributed by atoms with Gasteiger partial charge < -0.3 is 5.32 Å². The van der Waals surface area contributed by atoms with E-state index in [9.17, 15) is 0 Å². The van der Waals surface area contributed by atoms with E-state index in [-0.39, 0.29) is 0 Å². The Morgan fingerprint density at radius 2 is 2.26 bits per heavy atom. The lowest BCUT2D eigenvalue weighted by Crippen LogP contribution is -2.42. The summed E-state index contributed by atoms with van der Waals surface area (Å²) in [6.07, 6.45) is 7.08. The Morgan fingerprint density at radius 3 is 2.84 bits per heavy atom. The van der Waals surface area contributed by atoms with Crippen molar-refractivity contribution in [3.05, 3.63) is 29.6 Å². The van der Waals surface area contributed by atoms with Crippen LogP contribution in [0.4, 0.5) is 0 Å². The van der Waals surface area contributed by atoms with Gasteiger partial charge in [0.2, 0.25) is 0 Å². The molecule has 1 saturated carbocycles. The molecular formula is C17H28N2. The molecule has 2 nitrogen and oxygen atoms in total. The van der Waals surface area contributed by atoms with Crippen LogP contribution in [0.2, 0.25) is 0 Å². The molecule has 0 aromatic carbocycles. The summed E-state index contributed by atoms with van der Waals surface area (Å²) in [4.78, 5) is 4.58. The minimum Gasteiger partial charge on any atom is -0.314 e. The molecule has 0 bridgehead atoms. The largest absolute Gasteiger partial charge is 0.314 e. The quantitative estimate of drug-likeness (QED) is 0.872. The average molecular weight is 260 g/mol. The summed E-state index contributed by atoms with van der Waals surface area (Å²) in [6, 6.07) is 4.77. The second-order valence-electron chi connectivity index (χ2n) is 6.62. The van der Waals surface area contributed by atoms with Crippen molar-refractivity contribution in [3.63, 3.8) is 0 Å². The van der Waals surface area contributed by atoms with Gasteiger partial charge in [-0.1, -0.05) is 33.3 Å². The van der Waals surface area contributed by atoms with E-state index in [4.69, 9.17) is 0 Å². The van der Waals surface area contributed by atoms with Gasteiger partial charge in [-0.05, 0) is 49.3 Å². The lowest BCUT2D eigenvalue weighted by molar-refractivity contribution is 0.196. The molecule has 0 radical (unpaired) electrons. The molecular weight excluding hydrogens is 232 g/mol.